The van der Waals surface area contributed by atoms with Crippen LogP contribution < -0.4 is 10.6 Å². The van der Waals surface area contributed by atoms with Crippen LogP contribution in [-0.4, -0.2) is 26.7 Å². The molecule has 2 heteroatoms. The molecule has 0 aliphatic heterocycles. The third kappa shape index (κ3) is 7.92. The third-order valence-corrected chi connectivity index (χ3v) is 1.46. The summed E-state index contributed by atoms with van der Waals surface area (Å²) in [6.45, 7) is 6.81. The Hall–Kier alpha value is -0.0800. The molecule has 10 heavy (non-hydrogen) atoms. The van der Waals surface area contributed by atoms with Gasteiger partial charge in [0.05, 0.1) is 0 Å². The highest BCUT2D eigenvalue weighted by atomic mass is 14.8. The van der Waals surface area contributed by atoms with E-state index in [1.807, 2.05) is 7.05 Å². The normalized spacial score (nSPS) is 10.2. The van der Waals surface area contributed by atoms with E-state index in [1.54, 1.807) is 0 Å². The van der Waals surface area contributed by atoms with E-state index in [0.717, 1.165) is 19.6 Å². The lowest BCUT2D eigenvalue weighted by molar-refractivity contribution is 0.608. The molecule has 0 aliphatic carbocycles. The van der Waals surface area contributed by atoms with E-state index in [-0.39, 0.29) is 0 Å². The van der Waals surface area contributed by atoms with Gasteiger partial charge in [0.2, 0.25) is 0 Å². The van der Waals surface area contributed by atoms with Crippen molar-refractivity contribution in [3.05, 3.63) is 6.92 Å². The lowest BCUT2D eigenvalue weighted by atomic mass is 10.2. The molecule has 2 N–H and O–H groups in total. The fourth-order valence-corrected chi connectivity index (χ4v) is 0.854. The molecule has 2 nitrogen and oxygen atoms in total. The largest absolute Gasteiger partial charge is 0.320 e. The van der Waals surface area contributed by atoms with Crippen molar-refractivity contribution in [3.63, 3.8) is 0 Å². The maximum Gasteiger partial charge on any atom is -0.00484 e. The van der Waals surface area contributed by atoms with Crippen LogP contribution >= 0.6 is 0 Å². The molecule has 0 aromatic rings. The van der Waals surface area contributed by atoms with Gasteiger partial charge < -0.3 is 10.6 Å². The molecule has 0 spiro atoms. The van der Waals surface area contributed by atoms with Crippen molar-refractivity contribution in [3.8, 4) is 0 Å². The molecule has 0 atom stereocenters. The van der Waals surface area contributed by atoms with Crippen molar-refractivity contribution >= 4 is 0 Å². The Kier molecular flexibility index (Phi) is 8.85. The molecule has 61 valence electrons. The summed E-state index contributed by atoms with van der Waals surface area (Å²) in [6.07, 6.45) is 3.88. The fraction of sp³-hybridized carbons (Fsp3) is 0.875. The van der Waals surface area contributed by atoms with Gasteiger partial charge in [-0.15, -0.1) is 0 Å². The Morgan fingerprint density at radius 2 is 1.80 bits per heavy atom. The van der Waals surface area contributed by atoms with E-state index < -0.39 is 0 Å². The quantitative estimate of drug-likeness (QED) is 0.515. The number of hydrogen-bond acceptors (Lipinski definition) is 2. The summed E-state index contributed by atoms with van der Waals surface area (Å²) in [5.74, 6) is 0. The highest BCUT2D eigenvalue weighted by molar-refractivity contribution is 4.49. The highest BCUT2D eigenvalue weighted by Gasteiger charge is 1.86. The molecule has 0 aromatic heterocycles. The van der Waals surface area contributed by atoms with Gasteiger partial charge in [0.15, 0.2) is 0 Å². The summed E-state index contributed by atoms with van der Waals surface area (Å²) in [5.41, 5.74) is 0. The van der Waals surface area contributed by atoms with Crippen LogP contribution in [0.25, 0.3) is 0 Å². The van der Waals surface area contributed by atoms with Crippen LogP contribution in [0.15, 0.2) is 0 Å². The number of hydrogen-bond donors (Lipinski definition) is 2. The molecular formula is C8H19N2. The molecule has 0 bridgehead atoms. The molecule has 0 unspecified atom stereocenters. The second kappa shape index (κ2) is 8.92. The molecule has 0 amide bonds. The van der Waals surface area contributed by atoms with Crippen molar-refractivity contribution in [2.24, 2.45) is 0 Å². The summed E-state index contributed by atoms with van der Waals surface area (Å²) in [5, 5.41) is 6.32. The summed E-state index contributed by atoms with van der Waals surface area (Å²) < 4.78 is 0. The molecule has 0 rings (SSSR count). The first-order valence-corrected chi connectivity index (χ1v) is 4.06. The van der Waals surface area contributed by atoms with Crippen molar-refractivity contribution in [2.75, 3.05) is 26.7 Å². The molecule has 0 aromatic carbocycles. The highest BCUT2D eigenvalue weighted by Crippen LogP contribution is 1.91. The van der Waals surface area contributed by atoms with E-state index in [0.29, 0.717) is 0 Å². The summed E-state index contributed by atoms with van der Waals surface area (Å²) >= 11 is 0. The van der Waals surface area contributed by atoms with E-state index in [2.05, 4.69) is 17.6 Å². The lowest BCUT2D eigenvalue weighted by Crippen LogP contribution is -2.14. The van der Waals surface area contributed by atoms with Crippen molar-refractivity contribution in [2.45, 2.75) is 19.3 Å². The Morgan fingerprint density at radius 1 is 1.10 bits per heavy atom. The molecule has 0 heterocycles. The Labute approximate surface area is 64.4 Å². The standard InChI is InChI=1S/C8H19N2/c1-3-10-8-6-4-5-7-9-2/h9-10H,1,3-8H2,2H3. The first-order valence-electron chi connectivity index (χ1n) is 4.06. The first-order chi connectivity index (χ1) is 4.91. The fourth-order valence-electron chi connectivity index (χ4n) is 0.854. The van der Waals surface area contributed by atoms with Gasteiger partial charge in [-0.1, -0.05) is 6.42 Å². The Balaban J connectivity index is 2.65. The van der Waals surface area contributed by atoms with Crippen LogP contribution in [0.2, 0.25) is 0 Å². The minimum atomic E-state index is 0.853. The molecular weight excluding hydrogens is 124 g/mol. The molecule has 0 fully saturated rings. The SMILES string of the molecule is [CH2]CNCCCCCNC. The second-order valence-electron chi connectivity index (χ2n) is 2.41. The molecule has 0 saturated carbocycles. The average molecular weight is 143 g/mol. The monoisotopic (exact) mass is 143 g/mol. The van der Waals surface area contributed by atoms with Gasteiger partial charge in [-0.2, -0.15) is 0 Å². The topological polar surface area (TPSA) is 24.1 Å². The summed E-state index contributed by atoms with van der Waals surface area (Å²) in [7, 11) is 1.99. The van der Waals surface area contributed by atoms with Crippen molar-refractivity contribution in [1.82, 2.24) is 10.6 Å². The second-order valence-corrected chi connectivity index (χ2v) is 2.41. The maximum absolute atomic E-state index is 3.70. The number of unbranched alkanes of at least 4 members (excludes halogenated alkanes) is 2. The minimum absolute atomic E-state index is 0.853. The Morgan fingerprint density at radius 3 is 2.40 bits per heavy atom. The van der Waals surface area contributed by atoms with Gasteiger partial charge in [0.25, 0.3) is 0 Å². The molecule has 1 radical (unpaired) electrons. The zero-order valence-electron chi connectivity index (χ0n) is 6.95. The zero-order valence-corrected chi connectivity index (χ0v) is 6.95. The lowest BCUT2D eigenvalue weighted by Gasteiger charge is -2.00. The number of rotatable bonds is 7. The van der Waals surface area contributed by atoms with Crippen LogP contribution in [0.1, 0.15) is 19.3 Å². The zero-order chi connectivity index (χ0) is 7.66. The van der Waals surface area contributed by atoms with Crippen LogP contribution in [-0.2, 0) is 0 Å². The van der Waals surface area contributed by atoms with Crippen molar-refractivity contribution in [1.29, 1.82) is 0 Å². The van der Waals surface area contributed by atoms with Gasteiger partial charge in [-0.05, 0) is 46.4 Å². The summed E-state index contributed by atoms with van der Waals surface area (Å²) in [4.78, 5) is 0. The minimum Gasteiger partial charge on any atom is -0.320 e. The smallest absolute Gasteiger partial charge is 0.00484 e. The van der Waals surface area contributed by atoms with E-state index >= 15 is 0 Å². The maximum atomic E-state index is 3.70. The van der Waals surface area contributed by atoms with Crippen molar-refractivity contribution < 1.29 is 0 Å². The van der Waals surface area contributed by atoms with Crippen LogP contribution in [0.3, 0.4) is 0 Å². The van der Waals surface area contributed by atoms with Gasteiger partial charge in [0, 0.05) is 0 Å². The van der Waals surface area contributed by atoms with Gasteiger partial charge >= 0.3 is 0 Å². The Bertz CT molecular complexity index is 47.2. The molecule has 0 saturated heterocycles. The van der Waals surface area contributed by atoms with Crippen LogP contribution in [0.4, 0.5) is 0 Å². The van der Waals surface area contributed by atoms with E-state index in [4.69, 9.17) is 0 Å². The van der Waals surface area contributed by atoms with Crippen LogP contribution in [0, 0.1) is 6.92 Å². The third-order valence-electron chi connectivity index (χ3n) is 1.46. The van der Waals surface area contributed by atoms with Gasteiger partial charge in [-0.25, -0.2) is 0 Å². The van der Waals surface area contributed by atoms with E-state index in [9.17, 15) is 0 Å². The predicted molar refractivity (Wildman–Crippen MR) is 46.0 cm³/mol. The predicted octanol–water partition coefficient (Wildman–Crippen LogP) is 0.800. The van der Waals surface area contributed by atoms with Gasteiger partial charge in [0.1, 0.15) is 0 Å². The van der Waals surface area contributed by atoms with Crippen LogP contribution in [0.5, 0.6) is 0 Å². The summed E-state index contributed by atoms with van der Waals surface area (Å²) in [6, 6.07) is 0. The number of nitrogens with one attached hydrogen (secondary N) is 2. The average Bonchev–Trinajstić information content (AvgIpc) is 1.97. The van der Waals surface area contributed by atoms with Gasteiger partial charge in [-0.3, -0.25) is 0 Å². The first kappa shape index (κ1) is 9.92. The molecule has 0 aliphatic rings. The van der Waals surface area contributed by atoms with E-state index in [1.165, 1.54) is 19.3 Å².